The number of anilines is 1. The largest absolute Gasteiger partial charge is 0.294 e. The summed E-state index contributed by atoms with van der Waals surface area (Å²) in [6.07, 6.45) is 3.30. The number of benzene rings is 1. The van der Waals surface area contributed by atoms with Crippen LogP contribution >= 0.6 is 0 Å². The third-order valence-electron chi connectivity index (χ3n) is 2.70. The number of nitrogens with one attached hydrogen (secondary N) is 1. The minimum absolute atomic E-state index is 0.0562. The maximum Gasteiger partial charge on any atom is 0.261 e. The molecular weight excluding hydrogens is 276 g/mol. The van der Waals surface area contributed by atoms with Gasteiger partial charge in [0.05, 0.1) is 16.8 Å². The van der Waals surface area contributed by atoms with Crippen LogP contribution in [0.15, 0.2) is 53.7 Å². The van der Waals surface area contributed by atoms with Gasteiger partial charge >= 0.3 is 0 Å². The number of carbonyl (C=O) groups is 1. The third kappa shape index (κ3) is 3.21. The van der Waals surface area contributed by atoms with E-state index in [9.17, 15) is 13.2 Å². The Labute approximate surface area is 117 Å². The minimum Gasteiger partial charge on any atom is -0.294 e. The zero-order valence-electron chi connectivity index (χ0n) is 10.9. The molecule has 1 heterocycles. The first-order chi connectivity index (χ1) is 9.53. The maximum absolute atomic E-state index is 12.2. The number of sulfonamides is 1. The lowest BCUT2D eigenvalue weighted by atomic mass is 10.1. The van der Waals surface area contributed by atoms with Crippen LogP contribution in [-0.2, 0) is 10.0 Å². The molecule has 1 aromatic carbocycles. The van der Waals surface area contributed by atoms with E-state index in [2.05, 4.69) is 9.71 Å². The first-order valence-corrected chi connectivity index (χ1v) is 7.57. The molecule has 0 aliphatic carbocycles. The number of carbonyl (C=O) groups excluding carboxylic acids is 1. The summed E-state index contributed by atoms with van der Waals surface area (Å²) in [5.74, 6) is -0.0940. The summed E-state index contributed by atoms with van der Waals surface area (Å²) in [7, 11) is -3.72. The van der Waals surface area contributed by atoms with Gasteiger partial charge in [0.1, 0.15) is 0 Å². The van der Waals surface area contributed by atoms with Gasteiger partial charge in [-0.15, -0.1) is 0 Å². The van der Waals surface area contributed by atoms with Crippen LogP contribution in [0.3, 0.4) is 0 Å². The molecule has 20 heavy (non-hydrogen) atoms. The molecular formula is C14H14N2O3S. The zero-order chi connectivity index (χ0) is 14.6. The topological polar surface area (TPSA) is 76.1 Å². The highest BCUT2D eigenvalue weighted by molar-refractivity contribution is 7.92. The van der Waals surface area contributed by atoms with Gasteiger partial charge in [0.25, 0.3) is 10.0 Å². The van der Waals surface area contributed by atoms with Crippen molar-refractivity contribution in [3.63, 3.8) is 0 Å². The molecule has 0 atom stereocenters. The molecule has 0 bridgehead atoms. The predicted octanol–water partition coefficient (Wildman–Crippen LogP) is 2.48. The molecule has 0 saturated carbocycles. The smallest absolute Gasteiger partial charge is 0.261 e. The van der Waals surface area contributed by atoms with E-state index in [1.54, 1.807) is 37.4 Å². The van der Waals surface area contributed by atoms with Crippen LogP contribution in [-0.4, -0.2) is 19.2 Å². The predicted molar refractivity (Wildman–Crippen MR) is 76.1 cm³/mol. The van der Waals surface area contributed by atoms with Crippen LogP contribution in [0.25, 0.3) is 0 Å². The highest BCUT2D eigenvalue weighted by Crippen LogP contribution is 2.17. The SMILES string of the molecule is CCC(=O)c1cccc(S(=O)(=O)Nc2cccnc2)c1. The zero-order valence-corrected chi connectivity index (χ0v) is 11.7. The molecule has 1 aromatic heterocycles. The lowest BCUT2D eigenvalue weighted by Crippen LogP contribution is -2.13. The van der Waals surface area contributed by atoms with Crippen molar-refractivity contribution in [3.8, 4) is 0 Å². The molecule has 0 radical (unpaired) electrons. The van der Waals surface area contributed by atoms with Crippen molar-refractivity contribution in [3.05, 3.63) is 54.4 Å². The Bertz CT molecular complexity index is 712. The van der Waals surface area contributed by atoms with Crippen molar-refractivity contribution in [2.24, 2.45) is 0 Å². The normalized spacial score (nSPS) is 11.1. The van der Waals surface area contributed by atoms with Crippen molar-refractivity contribution in [2.75, 3.05) is 4.72 Å². The molecule has 6 heteroatoms. The minimum atomic E-state index is -3.72. The number of ketones is 1. The monoisotopic (exact) mass is 290 g/mol. The highest BCUT2D eigenvalue weighted by atomic mass is 32.2. The van der Waals surface area contributed by atoms with Gasteiger partial charge in [0.2, 0.25) is 0 Å². The molecule has 0 aliphatic heterocycles. The summed E-state index contributed by atoms with van der Waals surface area (Å²) in [5.41, 5.74) is 0.765. The third-order valence-corrected chi connectivity index (χ3v) is 4.08. The van der Waals surface area contributed by atoms with Gasteiger partial charge in [-0.25, -0.2) is 8.42 Å². The van der Waals surface area contributed by atoms with Gasteiger partial charge in [0.15, 0.2) is 5.78 Å². The van der Waals surface area contributed by atoms with E-state index in [-0.39, 0.29) is 10.7 Å². The van der Waals surface area contributed by atoms with Crippen molar-refractivity contribution in [1.29, 1.82) is 0 Å². The van der Waals surface area contributed by atoms with Gasteiger partial charge in [-0.3, -0.25) is 14.5 Å². The number of pyridine rings is 1. The standard InChI is InChI=1S/C14H14N2O3S/c1-2-14(17)11-5-3-7-13(9-11)20(18,19)16-12-6-4-8-15-10-12/h3-10,16H,2H2,1H3. The van der Waals surface area contributed by atoms with Gasteiger partial charge in [-0.1, -0.05) is 19.1 Å². The molecule has 2 aromatic rings. The number of hydrogen-bond donors (Lipinski definition) is 1. The van der Waals surface area contributed by atoms with E-state index in [1.165, 1.54) is 18.3 Å². The molecule has 5 nitrogen and oxygen atoms in total. The number of aromatic nitrogens is 1. The van der Waals surface area contributed by atoms with Crippen molar-refractivity contribution >= 4 is 21.5 Å². The Hall–Kier alpha value is -2.21. The molecule has 1 N–H and O–H groups in total. The molecule has 0 aliphatic rings. The second kappa shape index (κ2) is 5.83. The molecule has 0 saturated heterocycles. The van der Waals surface area contributed by atoms with E-state index in [4.69, 9.17) is 0 Å². The summed E-state index contributed by atoms with van der Waals surface area (Å²) < 4.78 is 26.8. The van der Waals surface area contributed by atoms with Gasteiger partial charge in [0, 0.05) is 18.2 Å². The molecule has 0 fully saturated rings. The van der Waals surface area contributed by atoms with E-state index in [1.807, 2.05) is 0 Å². The average Bonchev–Trinajstić information content (AvgIpc) is 2.47. The molecule has 0 spiro atoms. The van der Waals surface area contributed by atoms with Crippen molar-refractivity contribution in [1.82, 2.24) is 4.98 Å². The fourth-order valence-corrected chi connectivity index (χ4v) is 2.77. The first kappa shape index (κ1) is 14.2. The number of rotatable bonds is 5. The van der Waals surface area contributed by atoms with Crippen LogP contribution in [0.5, 0.6) is 0 Å². The van der Waals surface area contributed by atoms with E-state index < -0.39 is 10.0 Å². The molecule has 0 unspecified atom stereocenters. The second-order valence-corrected chi connectivity index (χ2v) is 5.83. The molecule has 0 amide bonds. The Balaban J connectivity index is 2.33. The van der Waals surface area contributed by atoms with Crippen LogP contribution < -0.4 is 4.72 Å². The fraction of sp³-hybridized carbons (Fsp3) is 0.143. The van der Waals surface area contributed by atoms with Gasteiger partial charge < -0.3 is 0 Å². The highest BCUT2D eigenvalue weighted by Gasteiger charge is 2.16. The van der Waals surface area contributed by atoms with Crippen molar-refractivity contribution < 1.29 is 13.2 Å². The van der Waals surface area contributed by atoms with Gasteiger partial charge in [-0.2, -0.15) is 0 Å². The van der Waals surface area contributed by atoms with Crippen LogP contribution in [0.1, 0.15) is 23.7 Å². The Morgan fingerprint density at radius 3 is 2.70 bits per heavy atom. The molecule has 2 rings (SSSR count). The maximum atomic E-state index is 12.2. The lowest BCUT2D eigenvalue weighted by molar-refractivity contribution is 0.0988. The Morgan fingerprint density at radius 1 is 1.25 bits per heavy atom. The summed E-state index contributed by atoms with van der Waals surface area (Å²) in [6, 6.07) is 9.23. The summed E-state index contributed by atoms with van der Waals surface area (Å²) in [6.45, 7) is 1.73. The first-order valence-electron chi connectivity index (χ1n) is 6.09. The second-order valence-electron chi connectivity index (χ2n) is 4.15. The van der Waals surface area contributed by atoms with Gasteiger partial charge in [-0.05, 0) is 24.3 Å². The van der Waals surface area contributed by atoms with Crippen LogP contribution in [0, 0.1) is 0 Å². The average molecular weight is 290 g/mol. The molecule has 104 valence electrons. The summed E-state index contributed by atoms with van der Waals surface area (Å²) >= 11 is 0. The van der Waals surface area contributed by atoms with E-state index in [0.29, 0.717) is 17.7 Å². The summed E-state index contributed by atoms with van der Waals surface area (Å²) in [5, 5.41) is 0. The number of hydrogen-bond acceptors (Lipinski definition) is 4. The van der Waals surface area contributed by atoms with Crippen molar-refractivity contribution in [2.45, 2.75) is 18.2 Å². The number of nitrogens with zero attached hydrogens (tertiary/aromatic N) is 1. The Morgan fingerprint density at radius 2 is 2.05 bits per heavy atom. The number of Topliss-reactive ketones (excluding diaryl/α,β-unsaturated/α-hetero) is 1. The van der Waals surface area contributed by atoms with E-state index >= 15 is 0 Å². The fourth-order valence-electron chi connectivity index (χ4n) is 1.68. The van der Waals surface area contributed by atoms with Crippen LogP contribution in [0.2, 0.25) is 0 Å². The lowest BCUT2D eigenvalue weighted by Gasteiger charge is -2.08. The van der Waals surface area contributed by atoms with Crippen LogP contribution in [0.4, 0.5) is 5.69 Å². The van der Waals surface area contributed by atoms with E-state index in [0.717, 1.165) is 0 Å². The quantitative estimate of drug-likeness (QED) is 0.858. The Kier molecular flexibility index (Phi) is 4.14. The summed E-state index contributed by atoms with van der Waals surface area (Å²) in [4.78, 5) is 15.5.